The number of esters is 1. The number of benzene rings is 1. The van der Waals surface area contributed by atoms with Crippen molar-refractivity contribution in [3.05, 3.63) is 35.5 Å². The Balaban J connectivity index is 0.000000523. The third-order valence-corrected chi connectivity index (χ3v) is 6.88. The molecule has 0 fully saturated rings. The molecule has 1 N–H and O–H groups in total. The summed E-state index contributed by atoms with van der Waals surface area (Å²) in [6.07, 6.45) is 6.59. The Hall–Kier alpha value is -1.97. The maximum atomic E-state index is 12.7. The van der Waals surface area contributed by atoms with Gasteiger partial charge in [0, 0.05) is 23.7 Å². The second-order valence-electron chi connectivity index (χ2n) is 8.60. The van der Waals surface area contributed by atoms with Crippen LogP contribution in [0.1, 0.15) is 57.2 Å². The number of carbonyl (C=O) groups is 1. The highest BCUT2D eigenvalue weighted by atomic mass is 35.7. The lowest BCUT2D eigenvalue weighted by atomic mass is 9.63. The lowest BCUT2D eigenvalue weighted by Crippen LogP contribution is -2.68. The van der Waals surface area contributed by atoms with Crippen LogP contribution in [0.5, 0.6) is 0 Å². The molecule has 1 aromatic heterocycles. The minimum absolute atomic E-state index is 0.0799. The number of rotatable bonds is 5. The van der Waals surface area contributed by atoms with Crippen LogP contribution in [0.4, 0.5) is 0 Å². The topological polar surface area (TPSA) is 137 Å². The van der Waals surface area contributed by atoms with Gasteiger partial charge < -0.3 is 9.72 Å². The summed E-state index contributed by atoms with van der Waals surface area (Å²) in [6.45, 7) is 6.45. The minimum atomic E-state index is -4.94. The van der Waals surface area contributed by atoms with Gasteiger partial charge in [-0.1, -0.05) is 44.9 Å². The van der Waals surface area contributed by atoms with Crippen LogP contribution in [-0.4, -0.2) is 41.4 Å². The smallest absolute Gasteiger partial charge is 0.309 e. The van der Waals surface area contributed by atoms with Gasteiger partial charge in [0.1, 0.15) is 18.8 Å². The molecule has 8 nitrogen and oxygen atoms in total. The summed E-state index contributed by atoms with van der Waals surface area (Å²) in [6, 6.07) is 8.60. The van der Waals surface area contributed by atoms with Gasteiger partial charge in [0.25, 0.3) is 0 Å². The Morgan fingerprint density at radius 1 is 1.25 bits per heavy atom. The highest BCUT2D eigenvalue weighted by Crippen LogP contribution is 2.46. The molecule has 0 saturated carbocycles. The first kappa shape index (κ1) is 24.7. The van der Waals surface area contributed by atoms with E-state index in [0.29, 0.717) is 0 Å². The zero-order chi connectivity index (χ0) is 23.5. The SMILES string of the molecule is CCCCC1(C(C)C(=O)OC)CCC[N+]2=C1c1[nH]c3ccccc3c1CC2.[O-][Cl+3]([O-])([O-])[O-]. The fraction of sp³-hybridized carbons (Fsp3) is 0.565. The average Bonchev–Trinajstić information content (AvgIpc) is 3.14. The number of aromatic amines is 1. The van der Waals surface area contributed by atoms with E-state index >= 15 is 0 Å². The quantitative estimate of drug-likeness (QED) is 0.468. The second kappa shape index (κ2) is 9.89. The third kappa shape index (κ3) is 5.00. The van der Waals surface area contributed by atoms with E-state index < -0.39 is 10.2 Å². The fourth-order valence-corrected chi connectivity index (χ4v) is 5.45. The Labute approximate surface area is 190 Å². The molecule has 0 amide bonds. The van der Waals surface area contributed by atoms with E-state index in [9.17, 15) is 4.79 Å². The number of unbranched alkanes of at least 4 members (excludes halogenated alkanes) is 1. The maximum Gasteiger partial charge on any atom is 0.309 e. The van der Waals surface area contributed by atoms with Gasteiger partial charge in [-0.3, -0.25) is 4.79 Å². The van der Waals surface area contributed by atoms with E-state index in [2.05, 4.69) is 47.7 Å². The Morgan fingerprint density at radius 2 is 1.94 bits per heavy atom. The van der Waals surface area contributed by atoms with Crippen molar-refractivity contribution in [2.75, 3.05) is 20.2 Å². The van der Waals surface area contributed by atoms with Crippen LogP contribution in [0.15, 0.2) is 24.3 Å². The van der Waals surface area contributed by atoms with Crippen LogP contribution in [0, 0.1) is 21.6 Å². The standard InChI is InChI=1S/C23H30N2O2.ClHO4/c1-4-5-12-23(16(2)22(26)27-3)13-8-14-25-15-11-18-17-9-6-7-10-19(17)24-20(18)21(23)25;2-1(3,4)5/h6-7,9-10,16H,4-5,8,11-15H2,1-3H3;(H,2,3,4,5). The van der Waals surface area contributed by atoms with E-state index in [1.807, 2.05) is 0 Å². The molecule has 2 aromatic rings. The number of H-pyrrole nitrogens is 1. The summed E-state index contributed by atoms with van der Waals surface area (Å²) >= 11 is 0. The van der Waals surface area contributed by atoms with E-state index in [-0.39, 0.29) is 17.3 Å². The van der Waals surface area contributed by atoms with Crippen molar-refractivity contribution < 1.29 is 43.0 Å². The molecular weight excluding hydrogens is 436 g/mol. The molecule has 9 heteroatoms. The van der Waals surface area contributed by atoms with Crippen molar-refractivity contribution in [1.29, 1.82) is 0 Å². The molecule has 4 rings (SSSR count). The van der Waals surface area contributed by atoms with Gasteiger partial charge in [0.15, 0.2) is 0 Å². The van der Waals surface area contributed by atoms with Crippen molar-refractivity contribution >= 4 is 22.6 Å². The molecule has 2 aliphatic rings. The Kier molecular flexibility index (Phi) is 7.62. The number of aromatic nitrogens is 1. The number of nitrogens with zero attached hydrogens (tertiary/aromatic N) is 1. The van der Waals surface area contributed by atoms with Gasteiger partial charge in [-0.15, -0.1) is 10.2 Å². The fourth-order valence-electron chi connectivity index (χ4n) is 5.45. The van der Waals surface area contributed by atoms with Gasteiger partial charge in [-0.2, -0.15) is 0 Å². The summed E-state index contributed by atoms with van der Waals surface area (Å²) in [4.78, 5) is 16.4. The van der Waals surface area contributed by atoms with Gasteiger partial charge in [-0.05, 0) is 24.5 Å². The molecule has 0 saturated heterocycles. The molecule has 3 heterocycles. The number of hydrogen-bond acceptors (Lipinski definition) is 6. The number of fused-ring (bicyclic) bond motifs is 4. The predicted octanol–water partition coefficient (Wildman–Crippen LogP) is -0.451. The van der Waals surface area contributed by atoms with E-state index in [4.69, 9.17) is 23.4 Å². The predicted molar refractivity (Wildman–Crippen MR) is 108 cm³/mol. The molecular formula is C23H31ClN2O6. The first-order valence-corrected chi connectivity index (χ1v) is 12.3. The van der Waals surface area contributed by atoms with Crippen LogP contribution in [0.25, 0.3) is 10.9 Å². The summed E-state index contributed by atoms with van der Waals surface area (Å²) < 4.78 is 41.7. The van der Waals surface area contributed by atoms with Crippen molar-refractivity contribution in [3.63, 3.8) is 0 Å². The van der Waals surface area contributed by atoms with Crippen molar-refractivity contribution in [3.8, 4) is 0 Å². The van der Waals surface area contributed by atoms with Gasteiger partial charge in [0.05, 0.1) is 18.4 Å². The first-order chi connectivity index (χ1) is 15.1. The number of nitrogens with one attached hydrogen (secondary N) is 1. The number of carbonyl (C=O) groups excluding carboxylic acids is 1. The number of ether oxygens (including phenoxy) is 1. The highest BCUT2D eigenvalue weighted by Gasteiger charge is 2.53. The first-order valence-electron chi connectivity index (χ1n) is 11.0. The number of para-hydroxylation sites is 1. The van der Waals surface area contributed by atoms with Gasteiger partial charge in [0.2, 0.25) is 5.71 Å². The monoisotopic (exact) mass is 466 g/mol. The average molecular weight is 467 g/mol. The lowest BCUT2D eigenvalue weighted by molar-refractivity contribution is -2.00. The normalized spacial score (nSPS) is 21.3. The van der Waals surface area contributed by atoms with Crippen LogP contribution in [0.2, 0.25) is 0 Å². The third-order valence-electron chi connectivity index (χ3n) is 6.88. The van der Waals surface area contributed by atoms with Crippen molar-refractivity contribution in [2.45, 2.75) is 52.4 Å². The number of hydrogen-bond donors (Lipinski definition) is 1. The van der Waals surface area contributed by atoms with E-state index in [1.54, 1.807) is 0 Å². The number of methoxy groups -OCH3 is 1. The van der Waals surface area contributed by atoms with Crippen LogP contribution in [0.3, 0.4) is 0 Å². The molecule has 176 valence electrons. The molecule has 32 heavy (non-hydrogen) atoms. The molecule has 2 atom stereocenters. The molecule has 2 aliphatic heterocycles. The maximum absolute atomic E-state index is 12.7. The summed E-state index contributed by atoms with van der Waals surface area (Å²) in [5.41, 5.74) is 5.14. The lowest BCUT2D eigenvalue weighted by Gasteiger charge is -2.41. The molecule has 0 bridgehead atoms. The number of halogens is 1. The zero-order valence-corrected chi connectivity index (χ0v) is 19.6. The Morgan fingerprint density at radius 3 is 2.59 bits per heavy atom. The highest BCUT2D eigenvalue weighted by molar-refractivity contribution is 6.08. The van der Waals surface area contributed by atoms with Gasteiger partial charge >= 0.3 is 5.97 Å². The molecule has 1 aromatic carbocycles. The molecule has 0 spiro atoms. The molecule has 0 radical (unpaired) electrons. The van der Waals surface area contributed by atoms with Gasteiger partial charge in [-0.25, -0.2) is 23.2 Å². The summed E-state index contributed by atoms with van der Waals surface area (Å²) in [7, 11) is -3.42. The molecule has 0 aliphatic carbocycles. The minimum Gasteiger partial charge on any atom is -0.469 e. The summed E-state index contributed by atoms with van der Waals surface area (Å²) in [5, 5.41) is 1.33. The zero-order valence-electron chi connectivity index (χ0n) is 18.8. The van der Waals surface area contributed by atoms with Crippen LogP contribution < -0.4 is 18.6 Å². The summed E-state index contributed by atoms with van der Waals surface area (Å²) in [5.74, 6) is -0.215. The van der Waals surface area contributed by atoms with Crippen LogP contribution >= 0.6 is 0 Å². The molecule has 2 unspecified atom stereocenters. The van der Waals surface area contributed by atoms with Crippen molar-refractivity contribution in [1.82, 2.24) is 4.98 Å². The Bertz CT molecular complexity index is 990. The van der Waals surface area contributed by atoms with E-state index in [1.165, 1.54) is 35.0 Å². The second-order valence-corrected chi connectivity index (χ2v) is 9.35. The largest absolute Gasteiger partial charge is 0.469 e. The van der Waals surface area contributed by atoms with Crippen molar-refractivity contribution in [2.24, 2.45) is 11.3 Å². The van der Waals surface area contributed by atoms with E-state index in [0.717, 1.165) is 51.6 Å². The van der Waals surface area contributed by atoms with Crippen LogP contribution in [-0.2, 0) is 16.0 Å².